The molecular weight excluding hydrogens is 340 g/mol. The molecule has 0 aliphatic heterocycles. The Morgan fingerprint density at radius 1 is 1.17 bits per heavy atom. The highest BCUT2D eigenvalue weighted by Gasteiger charge is 2.12. The minimum atomic E-state index is -3.95. The molecular formula is C14H30N2O7S. The van der Waals surface area contributed by atoms with Crippen molar-refractivity contribution in [1.29, 1.82) is 0 Å². The van der Waals surface area contributed by atoms with Crippen molar-refractivity contribution >= 4 is 16.0 Å². The van der Waals surface area contributed by atoms with Gasteiger partial charge in [0.2, 0.25) is 5.91 Å². The second-order valence-electron chi connectivity index (χ2n) is 4.91. The molecule has 144 valence electrons. The molecule has 1 atom stereocenters. The van der Waals surface area contributed by atoms with E-state index in [2.05, 4.69) is 11.9 Å². The number of nitrogens with one attached hydrogen (secondary N) is 1. The Morgan fingerprint density at radius 2 is 1.62 bits per heavy atom. The average Bonchev–Trinajstić information content (AvgIpc) is 2.51. The minimum absolute atomic E-state index is 0.0694. The number of rotatable bonds is 12. The Balaban J connectivity index is 0. The van der Waals surface area contributed by atoms with Crippen molar-refractivity contribution in [3.8, 4) is 0 Å². The number of amides is 1. The lowest BCUT2D eigenvalue weighted by molar-refractivity contribution is -0.117. The monoisotopic (exact) mass is 370 g/mol. The van der Waals surface area contributed by atoms with Gasteiger partial charge in [-0.15, -0.1) is 0 Å². The van der Waals surface area contributed by atoms with Crippen molar-refractivity contribution in [3.05, 3.63) is 12.7 Å². The van der Waals surface area contributed by atoms with Crippen LogP contribution in [0.3, 0.4) is 0 Å². The first kappa shape index (κ1) is 25.2. The topological polar surface area (TPSA) is 147 Å². The zero-order valence-electron chi connectivity index (χ0n) is 14.1. The third kappa shape index (κ3) is 17.3. The van der Waals surface area contributed by atoms with Gasteiger partial charge in [-0.2, -0.15) is 8.42 Å². The largest absolute Gasteiger partial charge is 0.395 e. The van der Waals surface area contributed by atoms with Gasteiger partial charge in [0.25, 0.3) is 10.1 Å². The molecule has 9 nitrogen and oxygen atoms in total. The lowest BCUT2D eigenvalue weighted by Gasteiger charge is -2.17. The van der Waals surface area contributed by atoms with E-state index in [1.165, 1.54) is 0 Å². The lowest BCUT2D eigenvalue weighted by atomic mass is 10.2. The fourth-order valence-electron chi connectivity index (χ4n) is 1.69. The van der Waals surface area contributed by atoms with E-state index in [1.54, 1.807) is 4.90 Å². The first-order valence-electron chi connectivity index (χ1n) is 7.67. The smallest absolute Gasteiger partial charge is 0.264 e. The van der Waals surface area contributed by atoms with Gasteiger partial charge in [-0.3, -0.25) is 14.2 Å². The van der Waals surface area contributed by atoms with Crippen LogP contribution in [0.1, 0.15) is 19.8 Å². The molecule has 1 unspecified atom stereocenters. The first-order chi connectivity index (χ1) is 11.2. The Morgan fingerprint density at radius 3 is 1.92 bits per heavy atom. The highest BCUT2D eigenvalue weighted by Crippen LogP contribution is 2.00. The lowest BCUT2D eigenvalue weighted by Crippen LogP contribution is -2.34. The van der Waals surface area contributed by atoms with Crippen LogP contribution in [0.2, 0.25) is 0 Å². The van der Waals surface area contributed by atoms with E-state index in [-0.39, 0.29) is 43.9 Å². The quantitative estimate of drug-likeness (QED) is 0.208. The Labute approximate surface area is 143 Å². The maximum absolute atomic E-state index is 10.9. The van der Waals surface area contributed by atoms with Crippen LogP contribution in [-0.2, 0) is 14.9 Å². The van der Waals surface area contributed by atoms with E-state index in [4.69, 9.17) is 19.9 Å². The summed E-state index contributed by atoms with van der Waals surface area (Å²) in [7, 11) is -3.95. The molecule has 24 heavy (non-hydrogen) atoms. The van der Waals surface area contributed by atoms with E-state index in [0.717, 1.165) is 6.08 Å². The zero-order valence-corrected chi connectivity index (χ0v) is 14.9. The predicted octanol–water partition coefficient (Wildman–Crippen LogP) is -1.39. The van der Waals surface area contributed by atoms with Crippen molar-refractivity contribution in [2.24, 2.45) is 0 Å². The van der Waals surface area contributed by atoms with Gasteiger partial charge < -0.3 is 20.6 Å². The molecule has 0 fully saturated rings. The molecule has 0 radical (unpaired) electrons. The number of hydrogen-bond acceptors (Lipinski definition) is 7. The SMILES string of the molecule is C=CC(=O)NC(CC)CCS(=O)(=O)O.OCCN(CCO)CCO. The van der Waals surface area contributed by atoms with E-state index in [9.17, 15) is 13.2 Å². The van der Waals surface area contributed by atoms with Crippen molar-refractivity contribution < 1.29 is 33.1 Å². The van der Waals surface area contributed by atoms with Gasteiger partial charge in [-0.25, -0.2) is 0 Å². The molecule has 0 saturated carbocycles. The second-order valence-corrected chi connectivity index (χ2v) is 6.48. The fourth-order valence-corrected chi connectivity index (χ4v) is 2.27. The summed E-state index contributed by atoms with van der Waals surface area (Å²) in [5, 5.41) is 28.0. The number of carbonyl (C=O) groups excluding carboxylic acids is 1. The number of nitrogens with zero attached hydrogens (tertiary/aromatic N) is 1. The van der Waals surface area contributed by atoms with Gasteiger partial charge in [0.05, 0.1) is 25.6 Å². The summed E-state index contributed by atoms with van der Waals surface area (Å²) in [6.07, 6.45) is 1.93. The maximum Gasteiger partial charge on any atom is 0.264 e. The molecule has 0 aromatic heterocycles. The number of hydrogen-bond donors (Lipinski definition) is 5. The van der Waals surface area contributed by atoms with Gasteiger partial charge in [-0.05, 0) is 18.9 Å². The number of aliphatic hydroxyl groups is 3. The molecule has 10 heteroatoms. The Hall–Kier alpha value is -1.04. The van der Waals surface area contributed by atoms with E-state index < -0.39 is 10.1 Å². The average molecular weight is 370 g/mol. The molecule has 1 amide bonds. The van der Waals surface area contributed by atoms with Crippen molar-refractivity contribution in [2.75, 3.05) is 45.2 Å². The third-order valence-corrected chi connectivity index (χ3v) is 3.75. The molecule has 0 heterocycles. The summed E-state index contributed by atoms with van der Waals surface area (Å²) < 4.78 is 29.4. The van der Waals surface area contributed by atoms with Crippen LogP contribution < -0.4 is 5.32 Å². The highest BCUT2D eigenvalue weighted by atomic mass is 32.2. The van der Waals surface area contributed by atoms with E-state index in [0.29, 0.717) is 26.1 Å². The van der Waals surface area contributed by atoms with Crippen LogP contribution in [0.5, 0.6) is 0 Å². The fraction of sp³-hybridized carbons (Fsp3) is 0.786. The summed E-state index contributed by atoms with van der Waals surface area (Å²) in [6, 6.07) is -0.248. The summed E-state index contributed by atoms with van der Waals surface area (Å²) in [4.78, 5) is 12.7. The van der Waals surface area contributed by atoms with Gasteiger partial charge in [0.1, 0.15) is 0 Å². The van der Waals surface area contributed by atoms with Crippen LogP contribution in [0.4, 0.5) is 0 Å². The molecule has 0 spiro atoms. The molecule has 0 saturated heterocycles. The van der Waals surface area contributed by atoms with Gasteiger partial charge in [-0.1, -0.05) is 13.5 Å². The summed E-state index contributed by atoms with van der Waals surface area (Å²) in [6.45, 7) is 6.85. The Kier molecular flexibility index (Phi) is 16.3. The maximum atomic E-state index is 10.9. The van der Waals surface area contributed by atoms with Crippen LogP contribution in [0, 0.1) is 0 Å². The van der Waals surface area contributed by atoms with Crippen LogP contribution >= 0.6 is 0 Å². The molecule has 0 aromatic carbocycles. The van der Waals surface area contributed by atoms with Gasteiger partial charge >= 0.3 is 0 Å². The Bertz CT molecular complexity index is 415. The van der Waals surface area contributed by atoms with Crippen LogP contribution in [-0.4, -0.2) is 90.3 Å². The molecule has 0 aromatic rings. The van der Waals surface area contributed by atoms with Crippen LogP contribution in [0.25, 0.3) is 0 Å². The molecule has 0 bridgehead atoms. The van der Waals surface area contributed by atoms with Crippen LogP contribution in [0.15, 0.2) is 12.7 Å². The molecule has 0 aliphatic carbocycles. The van der Waals surface area contributed by atoms with Crippen molar-refractivity contribution in [3.63, 3.8) is 0 Å². The number of aliphatic hydroxyl groups excluding tert-OH is 3. The standard InChI is InChI=1S/C8H15NO4S.C6H15NO3/c1-3-7(9-8(10)4-2)5-6-14(11,12)13;8-4-1-7(2-5-9)3-6-10/h4,7H,2-3,5-6H2,1H3,(H,9,10)(H,11,12,13);8-10H,1-6H2. The molecule has 0 aliphatic rings. The van der Waals surface area contributed by atoms with Crippen molar-refractivity contribution in [2.45, 2.75) is 25.8 Å². The highest BCUT2D eigenvalue weighted by molar-refractivity contribution is 7.85. The van der Waals surface area contributed by atoms with E-state index >= 15 is 0 Å². The number of carbonyl (C=O) groups is 1. The summed E-state index contributed by atoms with van der Waals surface area (Å²) >= 11 is 0. The normalized spacial score (nSPS) is 12.2. The third-order valence-electron chi connectivity index (χ3n) is 3.00. The summed E-state index contributed by atoms with van der Waals surface area (Å²) in [5.74, 6) is -0.685. The first-order valence-corrected chi connectivity index (χ1v) is 9.27. The van der Waals surface area contributed by atoms with E-state index in [1.807, 2.05) is 6.92 Å². The van der Waals surface area contributed by atoms with Crippen molar-refractivity contribution in [1.82, 2.24) is 10.2 Å². The second kappa shape index (κ2) is 15.5. The predicted molar refractivity (Wildman–Crippen MR) is 91.1 cm³/mol. The summed E-state index contributed by atoms with van der Waals surface area (Å²) in [5.41, 5.74) is 0. The molecule has 5 N–H and O–H groups in total. The van der Waals surface area contributed by atoms with Gasteiger partial charge in [0, 0.05) is 25.7 Å². The minimum Gasteiger partial charge on any atom is -0.395 e. The van der Waals surface area contributed by atoms with Gasteiger partial charge in [0.15, 0.2) is 0 Å². The molecule has 0 rings (SSSR count). The zero-order chi connectivity index (χ0) is 19.0.